The van der Waals surface area contributed by atoms with Crippen LogP contribution in [0.15, 0.2) is 103 Å². The lowest BCUT2D eigenvalue weighted by Crippen LogP contribution is -2.41. The summed E-state index contributed by atoms with van der Waals surface area (Å²) in [6.45, 7) is 4.01. The molecule has 0 spiro atoms. The van der Waals surface area contributed by atoms with Gasteiger partial charge in [0.1, 0.15) is 6.04 Å². The van der Waals surface area contributed by atoms with E-state index in [0.29, 0.717) is 28.9 Å². The van der Waals surface area contributed by atoms with Crippen molar-refractivity contribution in [2.45, 2.75) is 31.6 Å². The van der Waals surface area contributed by atoms with Gasteiger partial charge in [0, 0.05) is 49.7 Å². The molecule has 44 heavy (non-hydrogen) atoms. The molecule has 1 fully saturated rings. The van der Waals surface area contributed by atoms with Gasteiger partial charge in [-0.1, -0.05) is 60.7 Å². The summed E-state index contributed by atoms with van der Waals surface area (Å²) in [5.41, 5.74) is 3.24. The third kappa shape index (κ3) is 6.94. The molecule has 1 aliphatic heterocycles. The van der Waals surface area contributed by atoms with E-state index in [1.165, 1.54) is 12.1 Å². The third-order valence-electron chi connectivity index (χ3n) is 8.05. The molecule has 228 valence electrons. The molecule has 5 rings (SSSR count). The lowest BCUT2D eigenvalue weighted by atomic mass is 9.98. The van der Waals surface area contributed by atoms with E-state index < -0.39 is 11.7 Å². The van der Waals surface area contributed by atoms with Crippen LogP contribution in [-0.2, 0) is 11.0 Å². The van der Waals surface area contributed by atoms with Crippen LogP contribution in [0.5, 0.6) is 0 Å². The first-order valence-electron chi connectivity index (χ1n) is 14.6. The van der Waals surface area contributed by atoms with Gasteiger partial charge in [0.2, 0.25) is 5.91 Å². The minimum Gasteiger partial charge on any atom is -0.370 e. The summed E-state index contributed by atoms with van der Waals surface area (Å²) < 4.78 is 39.1. The van der Waals surface area contributed by atoms with Gasteiger partial charge < -0.3 is 15.5 Å². The molecule has 4 aromatic carbocycles. The number of carbonyl (C=O) groups excluding carboxylic acids is 2. The first-order chi connectivity index (χ1) is 21.2. The zero-order valence-electron chi connectivity index (χ0n) is 24.6. The number of anilines is 2. The number of likely N-dealkylation sites (tertiary alicyclic amines) is 1. The fourth-order valence-corrected chi connectivity index (χ4v) is 5.71. The molecule has 1 heterocycles. The number of nitrogens with one attached hydrogen (secondary N) is 2. The Hall–Kier alpha value is -4.63. The van der Waals surface area contributed by atoms with E-state index in [1.807, 2.05) is 68.6 Å². The fourth-order valence-electron chi connectivity index (χ4n) is 5.71. The summed E-state index contributed by atoms with van der Waals surface area (Å²) in [5, 5.41) is 5.90. The molecule has 0 saturated carbocycles. The Balaban J connectivity index is 1.25. The number of amides is 2. The van der Waals surface area contributed by atoms with E-state index >= 15 is 0 Å². The van der Waals surface area contributed by atoms with Crippen LogP contribution < -0.4 is 15.5 Å². The summed E-state index contributed by atoms with van der Waals surface area (Å²) in [7, 11) is 2.03. The van der Waals surface area contributed by atoms with Gasteiger partial charge in [0.25, 0.3) is 5.91 Å². The molecular formula is C35H35F3N4O2. The molecule has 0 bridgehead atoms. The van der Waals surface area contributed by atoms with Crippen molar-refractivity contribution < 1.29 is 22.8 Å². The highest BCUT2D eigenvalue weighted by Crippen LogP contribution is 2.33. The lowest BCUT2D eigenvalue weighted by molar-refractivity contribution is -0.137. The molecule has 9 heteroatoms. The largest absolute Gasteiger partial charge is 0.416 e. The summed E-state index contributed by atoms with van der Waals surface area (Å²) in [6, 6.07) is 28.9. The van der Waals surface area contributed by atoms with Gasteiger partial charge >= 0.3 is 6.18 Å². The highest BCUT2D eigenvalue weighted by Gasteiger charge is 2.35. The Kier molecular flexibility index (Phi) is 9.35. The van der Waals surface area contributed by atoms with Crippen LogP contribution in [-0.4, -0.2) is 49.4 Å². The van der Waals surface area contributed by atoms with Crippen LogP contribution in [0.3, 0.4) is 0 Å². The van der Waals surface area contributed by atoms with Crippen molar-refractivity contribution in [1.82, 2.24) is 10.2 Å². The molecule has 1 aliphatic rings. The molecule has 0 radical (unpaired) electrons. The Morgan fingerprint density at radius 2 is 1.57 bits per heavy atom. The van der Waals surface area contributed by atoms with Crippen LogP contribution in [0.2, 0.25) is 0 Å². The van der Waals surface area contributed by atoms with Gasteiger partial charge in [-0.05, 0) is 72.5 Å². The number of benzene rings is 4. The minimum atomic E-state index is -4.43. The van der Waals surface area contributed by atoms with Crippen molar-refractivity contribution >= 4 is 23.2 Å². The van der Waals surface area contributed by atoms with Crippen LogP contribution in [0.4, 0.5) is 24.5 Å². The van der Waals surface area contributed by atoms with Crippen molar-refractivity contribution in [3.8, 4) is 11.1 Å². The number of rotatable bonds is 9. The van der Waals surface area contributed by atoms with Crippen LogP contribution >= 0.6 is 0 Å². The predicted octanol–water partition coefficient (Wildman–Crippen LogP) is 7.01. The molecular weight excluding hydrogens is 565 g/mol. The Morgan fingerprint density at radius 3 is 2.23 bits per heavy atom. The molecule has 2 unspecified atom stereocenters. The Bertz CT molecular complexity index is 1570. The SMILES string of the molecule is CCNC(=O)C(c1ccccc1)N1CCC(N(C)c2ccc(NC(=O)c3ccccc3-c3ccc(C(F)(F)F)cc3)cc2)C1. The first kappa shape index (κ1) is 30.8. The summed E-state index contributed by atoms with van der Waals surface area (Å²) in [4.78, 5) is 30.7. The van der Waals surface area contributed by atoms with Crippen molar-refractivity contribution in [2.75, 3.05) is 36.9 Å². The summed E-state index contributed by atoms with van der Waals surface area (Å²) in [6.07, 6.45) is -3.53. The maximum atomic E-state index is 13.2. The highest BCUT2D eigenvalue weighted by molar-refractivity contribution is 6.08. The van der Waals surface area contributed by atoms with Gasteiger partial charge in [0.05, 0.1) is 5.56 Å². The van der Waals surface area contributed by atoms with Crippen molar-refractivity contribution in [3.05, 3.63) is 120 Å². The van der Waals surface area contributed by atoms with Crippen LogP contribution in [0, 0.1) is 0 Å². The van der Waals surface area contributed by atoms with Gasteiger partial charge in [-0.2, -0.15) is 13.2 Å². The number of hydrogen-bond donors (Lipinski definition) is 2. The molecule has 2 N–H and O–H groups in total. The van der Waals surface area contributed by atoms with E-state index in [9.17, 15) is 22.8 Å². The van der Waals surface area contributed by atoms with Crippen LogP contribution in [0.25, 0.3) is 11.1 Å². The number of hydrogen-bond acceptors (Lipinski definition) is 4. The topological polar surface area (TPSA) is 64.7 Å². The first-order valence-corrected chi connectivity index (χ1v) is 14.6. The van der Waals surface area contributed by atoms with Crippen LogP contribution in [0.1, 0.15) is 40.9 Å². The summed E-state index contributed by atoms with van der Waals surface area (Å²) in [5.74, 6) is -0.354. The molecule has 4 aromatic rings. The van der Waals surface area contributed by atoms with Crippen molar-refractivity contribution in [1.29, 1.82) is 0 Å². The second-order valence-electron chi connectivity index (χ2n) is 10.9. The molecule has 0 aliphatic carbocycles. The number of nitrogens with zero attached hydrogens (tertiary/aromatic N) is 2. The molecule has 2 atom stereocenters. The number of alkyl halides is 3. The molecule has 6 nitrogen and oxygen atoms in total. The standard InChI is InChI=1S/C35H35F3N4O2/c1-3-39-34(44)32(25-9-5-4-6-10-25)42-22-21-29(23-42)41(2)28-19-17-27(18-20-28)40-33(43)31-12-8-7-11-30(31)24-13-15-26(16-14-24)35(36,37)38/h4-20,29,32H,3,21-23H2,1-2H3,(H,39,44)(H,40,43). The average molecular weight is 601 g/mol. The van der Waals surface area contributed by atoms with E-state index in [-0.39, 0.29) is 23.9 Å². The zero-order valence-corrected chi connectivity index (χ0v) is 24.6. The second-order valence-corrected chi connectivity index (χ2v) is 10.9. The second kappa shape index (κ2) is 13.3. The van der Waals surface area contributed by atoms with Gasteiger partial charge in [-0.25, -0.2) is 0 Å². The average Bonchev–Trinajstić information content (AvgIpc) is 3.51. The number of halogens is 3. The van der Waals surface area contributed by atoms with E-state index in [2.05, 4.69) is 20.4 Å². The predicted molar refractivity (Wildman–Crippen MR) is 168 cm³/mol. The van der Waals surface area contributed by atoms with Gasteiger partial charge in [0.15, 0.2) is 0 Å². The molecule has 1 saturated heterocycles. The fraction of sp³-hybridized carbons (Fsp3) is 0.257. The minimum absolute atomic E-state index is 0.00185. The normalized spacial score (nSPS) is 15.9. The maximum absolute atomic E-state index is 13.2. The van der Waals surface area contributed by atoms with E-state index in [1.54, 1.807) is 24.3 Å². The zero-order chi connectivity index (χ0) is 31.3. The summed E-state index contributed by atoms with van der Waals surface area (Å²) >= 11 is 0. The number of likely N-dealkylation sites (N-methyl/N-ethyl adjacent to an activating group) is 2. The monoisotopic (exact) mass is 600 g/mol. The van der Waals surface area contributed by atoms with Crippen molar-refractivity contribution in [3.63, 3.8) is 0 Å². The Labute approximate surface area is 255 Å². The molecule has 2 amide bonds. The van der Waals surface area contributed by atoms with E-state index in [0.717, 1.165) is 42.9 Å². The maximum Gasteiger partial charge on any atom is 0.416 e. The smallest absolute Gasteiger partial charge is 0.370 e. The quantitative estimate of drug-likeness (QED) is 0.217. The van der Waals surface area contributed by atoms with Crippen molar-refractivity contribution in [2.24, 2.45) is 0 Å². The lowest BCUT2D eigenvalue weighted by Gasteiger charge is -2.30. The van der Waals surface area contributed by atoms with Gasteiger partial charge in [-0.15, -0.1) is 0 Å². The van der Waals surface area contributed by atoms with E-state index in [4.69, 9.17) is 0 Å². The van der Waals surface area contributed by atoms with Gasteiger partial charge in [-0.3, -0.25) is 14.5 Å². The Morgan fingerprint density at radius 1 is 0.909 bits per heavy atom. The number of carbonyl (C=O) groups is 2. The third-order valence-corrected chi connectivity index (χ3v) is 8.05. The highest BCUT2D eigenvalue weighted by atomic mass is 19.4. The molecule has 0 aromatic heterocycles.